The lowest BCUT2D eigenvalue weighted by Gasteiger charge is -2.22. The number of piperidine rings is 1. The van der Waals surface area contributed by atoms with Gasteiger partial charge in [0.25, 0.3) is 0 Å². The first-order chi connectivity index (χ1) is 11.2. The van der Waals surface area contributed by atoms with Crippen molar-refractivity contribution in [1.29, 1.82) is 0 Å². The summed E-state index contributed by atoms with van der Waals surface area (Å²) in [6.07, 6.45) is 3.96. The number of aryl methyl sites for hydroxylation is 1. The predicted molar refractivity (Wildman–Crippen MR) is 103 cm³/mol. The lowest BCUT2D eigenvalue weighted by atomic mass is 9.93. The quantitative estimate of drug-likeness (QED) is 0.832. The van der Waals surface area contributed by atoms with Crippen LogP contribution in [0.25, 0.3) is 11.3 Å². The zero-order valence-electron chi connectivity index (χ0n) is 13.9. The highest BCUT2D eigenvalue weighted by Gasteiger charge is 2.14. The van der Waals surface area contributed by atoms with E-state index in [1.807, 2.05) is 36.6 Å². The van der Waals surface area contributed by atoms with Gasteiger partial charge in [-0.15, -0.1) is 23.7 Å². The second kappa shape index (κ2) is 9.16. The normalized spacial score (nSPS) is 14.9. The van der Waals surface area contributed by atoms with Crippen LogP contribution in [0.4, 0.5) is 5.69 Å². The fourth-order valence-electron chi connectivity index (χ4n) is 2.98. The minimum Gasteiger partial charge on any atom is -0.326 e. The summed E-state index contributed by atoms with van der Waals surface area (Å²) in [6.45, 7) is 4.17. The van der Waals surface area contributed by atoms with Gasteiger partial charge in [0.15, 0.2) is 0 Å². The number of hydrogen-bond acceptors (Lipinski definition) is 4. The number of carbonyl (C=O) groups is 1. The fraction of sp³-hybridized carbons (Fsp3) is 0.444. The summed E-state index contributed by atoms with van der Waals surface area (Å²) in [6, 6.07) is 7.92. The molecule has 1 aromatic heterocycles. The van der Waals surface area contributed by atoms with Crippen LogP contribution in [0.15, 0.2) is 29.6 Å². The summed E-state index contributed by atoms with van der Waals surface area (Å²) in [5.74, 6) is 0.793. The third-order valence-corrected chi connectivity index (χ3v) is 5.07. The molecule has 2 aromatic rings. The number of thiazole rings is 1. The van der Waals surface area contributed by atoms with Crippen LogP contribution in [0, 0.1) is 12.8 Å². The first-order valence-corrected chi connectivity index (χ1v) is 9.12. The number of nitrogens with one attached hydrogen (secondary N) is 2. The van der Waals surface area contributed by atoms with Crippen LogP contribution >= 0.6 is 23.7 Å². The summed E-state index contributed by atoms with van der Waals surface area (Å²) in [4.78, 5) is 16.7. The number of carbonyl (C=O) groups excluding carboxylic acids is 1. The molecular weight excluding hydrogens is 342 g/mol. The number of hydrogen-bond donors (Lipinski definition) is 2. The smallest absolute Gasteiger partial charge is 0.224 e. The zero-order valence-corrected chi connectivity index (χ0v) is 15.5. The average Bonchev–Trinajstić information content (AvgIpc) is 3.01. The molecule has 6 heteroatoms. The van der Waals surface area contributed by atoms with Gasteiger partial charge in [-0.1, -0.05) is 12.1 Å². The Kier molecular flexibility index (Phi) is 7.21. The Morgan fingerprint density at radius 1 is 1.38 bits per heavy atom. The topological polar surface area (TPSA) is 54.0 Å². The van der Waals surface area contributed by atoms with E-state index in [2.05, 4.69) is 15.6 Å². The molecule has 0 atom stereocenters. The zero-order chi connectivity index (χ0) is 16.1. The number of aromatic nitrogens is 1. The summed E-state index contributed by atoms with van der Waals surface area (Å²) < 4.78 is 0. The lowest BCUT2D eigenvalue weighted by Crippen LogP contribution is -2.28. The van der Waals surface area contributed by atoms with Crippen molar-refractivity contribution in [3.8, 4) is 11.3 Å². The molecule has 0 bridgehead atoms. The third-order valence-electron chi connectivity index (χ3n) is 4.30. The Morgan fingerprint density at radius 2 is 2.17 bits per heavy atom. The van der Waals surface area contributed by atoms with E-state index in [4.69, 9.17) is 0 Å². The molecule has 1 amide bonds. The molecule has 2 heterocycles. The Balaban J connectivity index is 0.00000208. The third kappa shape index (κ3) is 5.30. The molecule has 0 radical (unpaired) electrons. The number of nitrogens with zero attached hydrogens (tertiary/aromatic N) is 1. The molecular formula is C18H24ClN3OS. The van der Waals surface area contributed by atoms with Gasteiger partial charge in [0, 0.05) is 23.1 Å². The van der Waals surface area contributed by atoms with Crippen molar-refractivity contribution in [1.82, 2.24) is 10.3 Å². The number of anilines is 1. The van der Waals surface area contributed by atoms with Crippen LogP contribution in [0.1, 0.15) is 30.7 Å². The van der Waals surface area contributed by atoms with Gasteiger partial charge < -0.3 is 10.6 Å². The Morgan fingerprint density at radius 3 is 2.88 bits per heavy atom. The minimum absolute atomic E-state index is 0. The fourth-order valence-corrected chi connectivity index (χ4v) is 3.60. The minimum atomic E-state index is 0. The van der Waals surface area contributed by atoms with Crippen molar-refractivity contribution in [2.45, 2.75) is 32.6 Å². The van der Waals surface area contributed by atoms with Crippen LogP contribution in [0.3, 0.4) is 0 Å². The van der Waals surface area contributed by atoms with Gasteiger partial charge in [0.2, 0.25) is 5.91 Å². The molecule has 1 aromatic carbocycles. The number of rotatable bonds is 5. The van der Waals surface area contributed by atoms with E-state index in [0.717, 1.165) is 41.5 Å². The highest BCUT2D eigenvalue weighted by molar-refractivity contribution is 7.09. The van der Waals surface area contributed by atoms with E-state index in [1.54, 1.807) is 11.3 Å². The molecule has 1 fully saturated rings. The van der Waals surface area contributed by atoms with Crippen molar-refractivity contribution < 1.29 is 4.79 Å². The van der Waals surface area contributed by atoms with Gasteiger partial charge in [-0.3, -0.25) is 4.79 Å². The molecule has 3 rings (SSSR count). The second-order valence-electron chi connectivity index (χ2n) is 6.11. The molecule has 1 aliphatic rings. The van der Waals surface area contributed by atoms with Crippen LogP contribution in [-0.4, -0.2) is 24.0 Å². The summed E-state index contributed by atoms with van der Waals surface area (Å²) in [5, 5.41) is 9.48. The maximum absolute atomic E-state index is 12.2. The van der Waals surface area contributed by atoms with Crippen molar-refractivity contribution in [2.75, 3.05) is 18.4 Å². The van der Waals surface area contributed by atoms with Gasteiger partial charge in [-0.25, -0.2) is 4.98 Å². The maximum Gasteiger partial charge on any atom is 0.224 e. The standard InChI is InChI=1S/C18H23N3OS.ClH/c1-13-20-17(12-23-13)15-3-2-4-16(11-15)21-18(22)6-5-14-7-9-19-10-8-14;/h2-4,11-12,14,19H,5-10H2,1H3,(H,21,22);1H. The predicted octanol–water partition coefficient (Wildman–Crippen LogP) is 4.26. The molecule has 2 N–H and O–H groups in total. The van der Waals surface area contributed by atoms with E-state index in [1.165, 1.54) is 12.8 Å². The largest absolute Gasteiger partial charge is 0.326 e. The summed E-state index contributed by atoms with van der Waals surface area (Å²) in [7, 11) is 0. The summed E-state index contributed by atoms with van der Waals surface area (Å²) in [5.41, 5.74) is 2.87. The molecule has 0 aliphatic carbocycles. The number of benzene rings is 1. The molecule has 1 saturated heterocycles. The van der Waals surface area contributed by atoms with Gasteiger partial charge in [0.05, 0.1) is 10.7 Å². The van der Waals surface area contributed by atoms with Crippen LogP contribution in [0.2, 0.25) is 0 Å². The highest BCUT2D eigenvalue weighted by atomic mass is 35.5. The first-order valence-electron chi connectivity index (χ1n) is 8.24. The molecule has 130 valence electrons. The molecule has 0 unspecified atom stereocenters. The van der Waals surface area contributed by atoms with E-state index < -0.39 is 0 Å². The molecule has 4 nitrogen and oxygen atoms in total. The van der Waals surface area contributed by atoms with E-state index in [9.17, 15) is 4.79 Å². The highest BCUT2D eigenvalue weighted by Crippen LogP contribution is 2.24. The molecule has 24 heavy (non-hydrogen) atoms. The Hall–Kier alpha value is -1.43. The average molecular weight is 366 g/mol. The Labute approximate surface area is 153 Å². The first kappa shape index (κ1) is 18.9. The monoisotopic (exact) mass is 365 g/mol. The van der Waals surface area contributed by atoms with Crippen LogP contribution in [-0.2, 0) is 4.79 Å². The molecule has 0 spiro atoms. The van der Waals surface area contributed by atoms with Crippen molar-refractivity contribution in [3.05, 3.63) is 34.7 Å². The number of halogens is 1. The SMILES string of the molecule is Cc1nc(-c2cccc(NC(=O)CCC3CCNCC3)c2)cs1.Cl. The Bertz CT molecular complexity index is 668. The lowest BCUT2D eigenvalue weighted by molar-refractivity contribution is -0.116. The second-order valence-corrected chi connectivity index (χ2v) is 7.18. The molecule has 1 aliphatic heterocycles. The van der Waals surface area contributed by atoms with E-state index in [-0.39, 0.29) is 18.3 Å². The maximum atomic E-state index is 12.2. The molecule has 0 saturated carbocycles. The van der Waals surface area contributed by atoms with Crippen LogP contribution in [0.5, 0.6) is 0 Å². The number of amides is 1. The van der Waals surface area contributed by atoms with Crippen molar-refractivity contribution in [2.24, 2.45) is 5.92 Å². The summed E-state index contributed by atoms with van der Waals surface area (Å²) >= 11 is 1.64. The van der Waals surface area contributed by atoms with Crippen molar-refractivity contribution in [3.63, 3.8) is 0 Å². The van der Waals surface area contributed by atoms with Gasteiger partial charge >= 0.3 is 0 Å². The van der Waals surface area contributed by atoms with Gasteiger partial charge in [-0.05, 0) is 57.3 Å². The van der Waals surface area contributed by atoms with E-state index >= 15 is 0 Å². The van der Waals surface area contributed by atoms with E-state index in [0.29, 0.717) is 12.3 Å². The van der Waals surface area contributed by atoms with Gasteiger partial charge in [-0.2, -0.15) is 0 Å². The van der Waals surface area contributed by atoms with Gasteiger partial charge in [0.1, 0.15) is 0 Å². The van der Waals surface area contributed by atoms with Crippen LogP contribution < -0.4 is 10.6 Å². The van der Waals surface area contributed by atoms with Crippen molar-refractivity contribution >= 4 is 35.3 Å².